The van der Waals surface area contributed by atoms with Gasteiger partial charge in [0, 0.05) is 13.1 Å². The molecule has 0 saturated heterocycles. The summed E-state index contributed by atoms with van der Waals surface area (Å²) in [5, 5.41) is 0. The Morgan fingerprint density at radius 1 is 1.39 bits per heavy atom. The largest absolute Gasteiger partial charge is 0.464 e. The predicted molar refractivity (Wildman–Crippen MR) is 73.5 cm³/mol. The molecule has 1 atom stereocenters. The van der Waals surface area contributed by atoms with Crippen LogP contribution in [0.3, 0.4) is 0 Å². The second-order valence-corrected chi connectivity index (χ2v) is 5.10. The van der Waals surface area contributed by atoms with E-state index >= 15 is 0 Å². The lowest BCUT2D eigenvalue weighted by atomic mass is 10.0. The Balaban J connectivity index is 4.13. The molecule has 0 aromatic heterocycles. The molecular weight excluding hydrogens is 254 g/mol. The third-order valence-electron chi connectivity index (χ3n) is 2.40. The van der Waals surface area contributed by atoms with Crippen molar-refractivity contribution in [3.8, 4) is 0 Å². The highest BCUT2D eigenvalue weighted by Gasteiger charge is 2.14. The van der Waals surface area contributed by atoms with Crippen LogP contribution in [0.15, 0.2) is 11.6 Å². The van der Waals surface area contributed by atoms with E-state index in [1.165, 1.54) is 0 Å². The fraction of sp³-hybridized carbons (Fsp3) is 0.769. The number of carbonyl (C=O) groups is 1. The van der Waals surface area contributed by atoms with E-state index in [9.17, 15) is 4.79 Å². The third-order valence-corrected chi connectivity index (χ3v) is 2.63. The first-order chi connectivity index (χ1) is 8.38. The molecule has 0 aliphatic heterocycles. The Morgan fingerprint density at radius 3 is 2.44 bits per heavy atom. The maximum atomic E-state index is 11.1. The van der Waals surface area contributed by atoms with Crippen LogP contribution < -0.4 is 0 Å². The normalized spacial score (nSPS) is 14.1. The maximum absolute atomic E-state index is 11.1. The van der Waals surface area contributed by atoms with Crippen molar-refractivity contribution in [2.45, 2.75) is 33.7 Å². The zero-order chi connectivity index (χ0) is 14.1. The Hall–Kier alpha value is -0.580. The van der Waals surface area contributed by atoms with Gasteiger partial charge >= 0.3 is 5.97 Å². The van der Waals surface area contributed by atoms with Crippen LogP contribution in [0.2, 0.25) is 0 Å². The Morgan fingerprint density at radius 2 is 2.00 bits per heavy atom. The minimum absolute atomic E-state index is 0.0118. The molecule has 5 heteroatoms. The lowest BCUT2D eigenvalue weighted by molar-refractivity contribution is -0.148. The molecule has 0 amide bonds. The maximum Gasteiger partial charge on any atom is 0.332 e. The topological polar surface area (TPSA) is 38.8 Å². The summed E-state index contributed by atoms with van der Waals surface area (Å²) in [5.74, 6) is 0.0766. The van der Waals surface area contributed by atoms with Crippen molar-refractivity contribution >= 4 is 17.7 Å². The number of ether oxygens (including phenoxy) is 2. The SMILES string of the molecule is CCOC(=O)COCC(C)=C[C@H](C(C)C)N(C)Cl. The summed E-state index contributed by atoms with van der Waals surface area (Å²) in [6, 6.07) is 0.151. The predicted octanol–water partition coefficient (Wildman–Crippen LogP) is 2.62. The number of esters is 1. The van der Waals surface area contributed by atoms with Crippen molar-refractivity contribution in [2.75, 3.05) is 26.9 Å². The zero-order valence-corrected chi connectivity index (χ0v) is 12.7. The van der Waals surface area contributed by atoms with Crippen molar-refractivity contribution in [1.29, 1.82) is 0 Å². The van der Waals surface area contributed by atoms with Gasteiger partial charge in [0.25, 0.3) is 0 Å². The average molecular weight is 278 g/mol. The molecule has 0 rings (SSSR count). The second kappa shape index (κ2) is 9.36. The summed E-state index contributed by atoms with van der Waals surface area (Å²) < 4.78 is 11.7. The summed E-state index contributed by atoms with van der Waals surface area (Å²) in [4.78, 5) is 11.1. The lowest BCUT2D eigenvalue weighted by Crippen LogP contribution is -2.27. The van der Waals surface area contributed by atoms with Crippen molar-refractivity contribution in [2.24, 2.45) is 5.92 Å². The van der Waals surface area contributed by atoms with Crippen LogP contribution in [0.25, 0.3) is 0 Å². The Labute approximate surface area is 115 Å². The van der Waals surface area contributed by atoms with Gasteiger partial charge in [0.1, 0.15) is 6.61 Å². The van der Waals surface area contributed by atoms with Crippen molar-refractivity contribution in [3.63, 3.8) is 0 Å². The molecule has 0 fully saturated rings. The van der Waals surface area contributed by atoms with E-state index in [0.717, 1.165) is 5.57 Å². The molecule has 106 valence electrons. The molecule has 0 N–H and O–H groups in total. The first kappa shape index (κ1) is 17.4. The number of hydrogen-bond acceptors (Lipinski definition) is 4. The standard InChI is InChI=1S/C13H24ClNO3/c1-6-18-13(16)9-17-8-11(4)7-12(10(2)3)15(5)14/h7,10,12H,6,8-9H2,1-5H3/t12-/m1/s1. The van der Waals surface area contributed by atoms with Gasteiger partial charge in [-0.25, -0.2) is 9.21 Å². The van der Waals surface area contributed by atoms with E-state index in [2.05, 4.69) is 19.9 Å². The number of halogens is 1. The van der Waals surface area contributed by atoms with Gasteiger partial charge in [0.05, 0.1) is 13.2 Å². The average Bonchev–Trinajstić information content (AvgIpc) is 2.25. The summed E-state index contributed by atoms with van der Waals surface area (Å²) in [5.41, 5.74) is 1.05. The molecule has 4 nitrogen and oxygen atoms in total. The van der Waals surface area contributed by atoms with E-state index in [1.54, 1.807) is 11.3 Å². The number of likely N-dealkylation sites (N-methyl/N-ethyl adjacent to an activating group) is 1. The minimum Gasteiger partial charge on any atom is -0.464 e. The molecule has 0 saturated carbocycles. The van der Waals surface area contributed by atoms with Gasteiger partial charge in [0.2, 0.25) is 0 Å². The number of hydrogen-bond donors (Lipinski definition) is 0. The van der Waals surface area contributed by atoms with Gasteiger partial charge in [-0.1, -0.05) is 25.5 Å². The highest BCUT2D eigenvalue weighted by molar-refractivity contribution is 6.13. The Bertz CT molecular complexity index is 269. The van der Waals surface area contributed by atoms with Crippen LogP contribution in [0.5, 0.6) is 0 Å². The van der Waals surface area contributed by atoms with Crippen molar-refractivity contribution in [1.82, 2.24) is 4.42 Å². The van der Waals surface area contributed by atoms with E-state index in [-0.39, 0.29) is 18.6 Å². The van der Waals surface area contributed by atoms with Crippen LogP contribution in [0, 0.1) is 5.92 Å². The molecule has 0 unspecified atom stereocenters. The molecule has 0 bridgehead atoms. The summed E-state index contributed by atoms with van der Waals surface area (Å²) >= 11 is 5.98. The van der Waals surface area contributed by atoms with Gasteiger partial charge in [-0.2, -0.15) is 0 Å². The molecule has 0 aliphatic carbocycles. The van der Waals surface area contributed by atoms with Crippen LogP contribution in [-0.2, 0) is 14.3 Å². The second-order valence-electron chi connectivity index (χ2n) is 4.57. The fourth-order valence-corrected chi connectivity index (χ4v) is 1.83. The van der Waals surface area contributed by atoms with E-state index in [1.807, 2.05) is 14.0 Å². The monoisotopic (exact) mass is 277 g/mol. The summed E-state index contributed by atoms with van der Waals surface area (Å²) in [7, 11) is 1.83. The van der Waals surface area contributed by atoms with Crippen molar-refractivity contribution in [3.05, 3.63) is 11.6 Å². The van der Waals surface area contributed by atoms with E-state index in [4.69, 9.17) is 21.3 Å². The number of rotatable bonds is 8. The summed E-state index contributed by atoms with van der Waals surface area (Å²) in [6.45, 7) is 8.71. The van der Waals surface area contributed by atoms with Gasteiger partial charge in [-0.05, 0) is 31.5 Å². The lowest BCUT2D eigenvalue weighted by Gasteiger charge is -2.23. The molecular formula is C13H24ClNO3. The van der Waals surface area contributed by atoms with Gasteiger partial charge in [-0.15, -0.1) is 0 Å². The zero-order valence-electron chi connectivity index (χ0n) is 11.9. The Kier molecular flexibility index (Phi) is 9.06. The fourth-order valence-electron chi connectivity index (χ4n) is 1.54. The highest BCUT2D eigenvalue weighted by atomic mass is 35.5. The van der Waals surface area contributed by atoms with Gasteiger partial charge < -0.3 is 9.47 Å². The van der Waals surface area contributed by atoms with Gasteiger partial charge in [-0.3, -0.25) is 0 Å². The van der Waals surface area contributed by atoms with Crippen LogP contribution in [0.4, 0.5) is 0 Å². The van der Waals surface area contributed by atoms with Crippen LogP contribution in [0.1, 0.15) is 27.7 Å². The number of nitrogens with zero attached hydrogens (tertiary/aromatic N) is 1. The molecule has 18 heavy (non-hydrogen) atoms. The quantitative estimate of drug-likeness (QED) is 0.388. The molecule has 0 spiro atoms. The smallest absolute Gasteiger partial charge is 0.332 e. The molecule has 0 aromatic carbocycles. The number of carbonyl (C=O) groups excluding carboxylic acids is 1. The van der Waals surface area contributed by atoms with Gasteiger partial charge in [0.15, 0.2) is 0 Å². The van der Waals surface area contributed by atoms with Crippen LogP contribution >= 0.6 is 11.8 Å². The molecule has 0 heterocycles. The highest BCUT2D eigenvalue weighted by Crippen LogP contribution is 2.14. The molecule has 0 radical (unpaired) electrons. The van der Waals surface area contributed by atoms with Crippen molar-refractivity contribution < 1.29 is 14.3 Å². The van der Waals surface area contributed by atoms with E-state index in [0.29, 0.717) is 19.1 Å². The van der Waals surface area contributed by atoms with E-state index < -0.39 is 0 Å². The first-order valence-corrected chi connectivity index (χ1v) is 6.51. The molecule has 0 aliphatic rings. The molecule has 0 aromatic rings. The van der Waals surface area contributed by atoms with Crippen LogP contribution in [-0.4, -0.2) is 43.3 Å². The third kappa shape index (κ3) is 7.69. The minimum atomic E-state index is -0.333. The first-order valence-electron chi connectivity index (χ1n) is 6.17. The summed E-state index contributed by atoms with van der Waals surface area (Å²) in [6.07, 6.45) is 2.06.